The molecule has 148 valence electrons. The van der Waals surface area contributed by atoms with Crippen LogP contribution in [-0.4, -0.2) is 47.4 Å². The van der Waals surface area contributed by atoms with Gasteiger partial charge in [-0.3, -0.25) is 19.4 Å². The van der Waals surface area contributed by atoms with Gasteiger partial charge >= 0.3 is 17.8 Å². The van der Waals surface area contributed by atoms with Gasteiger partial charge in [-0.15, -0.1) is 0 Å². The molecule has 0 aromatic heterocycles. The number of benzene rings is 1. The molecular weight excluding hydrogens is 428 g/mol. The Balaban J connectivity index is 1.47. The molecule has 0 bridgehead atoms. The third-order valence-corrected chi connectivity index (χ3v) is 5.95. The van der Waals surface area contributed by atoms with Gasteiger partial charge in [0.25, 0.3) is 0 Å². The van der Waals surface area contributed by atoms with E-state index in [0.29, 0.717) is 41.2 Å². The van der Waals surface area contributed by atoms with Gasteiger partial charge in [-0.2, -0.15) is 0 Å². The zero-order chi connectivity index (χ0) is 19.7. The minimum Gasteiger partial charge on any atom is -0.486 e. The number of ether oxygens (including phenoxy) is 2. The number of halogens is 1. The van der Waals surface area contributed by atoms with E-state index in [2.05, 4.69) is 22.0 Å². The van der Waals surface area contributed by atoms with Gasteiger partial charge in [0, 0.05) is 11.0 Å². The highest BCUT2D eigenvalue weighted by molar-refractivity contribution is 9.10. The summed E-state index contributed by atoms with van der Waals surface area (Å²) >= 11 is 3.44. The van der Waals surface area contributed by atoms with E-state index in [9.17, 15) is 14.4 Å². The van der Waals surface area contributed by atoms with E-state index in [-0.39, 0.29) is 13.1 Å². The fourth-order valence-corrected chi connectivity index (χ4v) is 4.12. The van der Waals surface area contributed by atoms with Crippen LogP contribution in [-0.2, 0) is 16.1 Å². The molecule has 1 aromatic rings. The fraction of sp³-hybridized carbons (Fsp3) is 0.450. The first-order valence-electron chi connectivity index (χ1n) is 9.48. The number of fused-ring (bicyclic) bond motifs is 1. The molecule has 1 saturated heterocycles. The Labute approximate surface area is 171 Å². The largest absolute Gasteiger partial charge is 0.486 e. The molecule has 0 atom stereocenters. The highest BCUT2D eigenvalue weighted by Crippen LogP contribution is 2.36. The molecule has 2 heterocycles. The Morgan fingerprint density at radius 3 is 2.39 bits per heavy atom. The molecule has 1 fully saturated rings. The number of amides is 4. The van der Waals surface area contributed by atoms with Crippen molar-refractivity contribution in [1.29, 1.82) is 0 Å². The van der Waals surface area contributed by atoms with Gasteiger partial charge in [0.05, 0.1) is 6.54 Å². The summed E-state index contributed by atoms with van der Waals surface area (Å²) in [5.74, 6) is -0.366. The van der Waals surface area contributed by atoms with Crippen molar-refractivity contribution in [3.05, 3.63) is 33.8 Å². The Morgan fingerprint density at radius 1 is 0.964 bits per heavy atom. The van der Waals surface area contributed by atoms with Crippen molar-refractivity contribution in [3.63, 3.8) is 0 Å². The Hall–Kier alpha value is -2.35. The van der Waals surface area contributed by atoms with Gasteiger partial charge in [0.2, 0.25) is 0 Å². The maximum atomic E-state index is 12.7. The Morgan fingerprint density at radius 2 is 1.68 bits per heavy atom. The molecule has 4 rings (SSSR count). The lowest BCUT2D eigenvalue weighted by Crippen LogP contribution is -2.34. The van der Waals surface area contributed by atoms with Crippen LogP contribution in [0.25, 0.3) is 0 Å². The summed E-state index contributed by atoms with van der Waals surface area (Å²) in [5, 5.41) is 0. The summed E-state index contributed by atoms with van der Waals surface area (Å²) in [7, 11) is 0. The predicted molar refractivity (Wildman–Crippen MR) is 104 cm³/mol. The zero-order valence-corrected chi connectivity index (χ0v) is 17.0. The molecule has 4 amide bonds. The smallest absolute Gasteiger partial charge is 0.334 e. The maximum Gasteiger partial charge on any atom is 0.334 e. The molecule has 1 aliphatic carbocycles. The van der Waals surface area contributed by atoms with Gasteiger partial charge in [-0.05, 0) is 49.8 Å². The van der Waals surface area contributed by atoms with Crippen LogP contribution < -0.4 is 9.47 Å². The number of hydrogen-bond donors (Lipinski definition) is 0. The molecule has 0 N–H and O–H groups in total. The minimum atomic E-state index is -0.788. The molecule has 28 heavy (non-hydrogen) atoms. The number of carbonyl (C=O) groups is 3. The summed E-state index contributed by atoms with van der Waals surface area (Å²) in [6, 6.07) is 2.93. The van der Waals surface area contributed by atoms with Crippen molar-refractivity contribution in [1.82, 2.24) is 9.80 Å². The summed E-state index contributed by atoms with van der Waals surface area (Å²) in [4.78, 5) is 39.5. The summed E-state index contributed by atoms with van der Waals surface area (Å²) in [6.07, 6.45) is 7.17. The van der Waals surface area contributed by atoms with Gasteiger partial charge in [-0.1, -0.05) is 27.6 Å². The van der Waals surface area contributed by atoms with E-state index < -0.39 is 17.8 Å². The van der Waals surface area contributed by atoms with Gasteiger partial charge in [0.1, 0.15) is 13.2 Å². The molecule has 3 aliphatic rings. The van der Waals surface area contributed by atoms with E-state index in [1.54, 1.807) is 12.1 Å². The Bertz CT molecular complexity index is 866. The van der Waals surface area contributed by atoms with Gasteiger partial charge in [-0.25, -0.2) is 4.79 Å². The number of allylic oxidation sites excluding steroid dienone is 1. The first-order chi connectivity index (χ1) is 13.5. The van der Waals surface area contributed by atoms with Crippen LogP contribution in [0.5, 0.6) is 11.5 Å². The molecule has 0 saturated carbocycles. The van der Waals surface area contributed by atoms with Crippen molar-refractivity contribution < 1.29 is 23.9 Å². The first kappa shape index (κ1) is 19.0. The van der Waals surface area contributed by atoms with Gasteiger partial charge in [0.15, 0.2) is 11.5 Å². The third kappa shape index (κ3) is 3.65. The van der Waals surface area contributed by atoms with Crippen LogP contribution in [0, 0.1) is 0 Å². The SMILES string of the molecule is O=C1C(=O)N(Cc2cc3c(cc2Br)OCCO3)C(=O)N1CCC1=CCCCC1. The molecule has 0 radical (unpaired) electrons. The van der Waals surface area contributed by atoms with Crippen LogP contribution in [0.2, 0.25) is 0 Å². The highest BCUT2D eigenvalue weighted by Gasteiger charge is 2.44. The molecule has 2 aliphatic heterocycles. The monoisotopic (exact) mass is 448 g/mol. The molecule has 0 spiro atoms. The summed E-state index contributed by atoms with van der Waals surface area (Å²) in [6.45, 7) is 1.16. The lowest BCUT2D eigenvalue weighted by atomic mass is 9.97. The molecule has 1 aromatic carbocycles. The van der Waals surface area contributed by atoms with Crippen LogP contribution >= 0.6 is 15.9 Å². The van der Waals surface area contributed by atoms with Crippen molar-refractivity contribution in [2.75, 3.05) is 19.8 Å². The summed E-state index contributed by atoms with van der Waals surface area (Å²) < 4.78 is 11.8. The van der Waals surface area contributed by atoms with E-state index in [1.807, 2.05) is 0 Å². The second kappa shape index (κ2) is 7.95. The average Bonchev–Trinajstić information content (AvgIpc) is 2.91. The zero-order valence-electron chi connectivity index (χ0n) is 15.4. The van der Waals surface area contributed by atoms with Crippen molar-refractivity contribution in [2.24, 2.45) is 0 Å². The quantitative estimate of drug-likeness (QED) is 0.391. The summed E-state index contributed by atoms with van der Waals surface area (Å²) in [5.41, 5.74) is 1.93. The maximum absolute atomic E-state index is 12.7. The number of imide groups is 2. The van der Waals surface area contributed by atoms with E-state index in [0.717, 1.165) is 29.1 Å². The second-order valence-electron chi connectivity index (χ2n) is 7.08. The highest BCUT2D eigenvalue weighted by atomic mass is 79.9. The number of urea groups is 1. The molecule has 0 unspecified atom stereocenters. The second-order valence-corrected chi connectivity index (χ2v) is 7.93. The normalized spacial score (nSPS) is 19.3. The van der Waals surface area contributed by atoms with Crippen LogP contribution in [0.15, 0.2) is 28.3 Å². The number of rotatable bonds is 5. The fourth-order valence-electron chi connectivity index (χ4n) is 3.67. The van der Waals surface area contributed by atoms with E-state index in [4.69, 9.17) is 9.47 Å². The van der Waals surface area contributed by atoms with E-state index in [1.165, 1.54) is 12.0 Å². The molecule has 8 heteroatoms. The van der Waals surface area contributed by atoms with Crippen LogP contribution in [0.4, 0.5) is 4.79 Å². The van der Waals surface area contributed by atoms with Gasteiger partial charge < -0.3 is 9.47 Å². The number of nitrogens with zero attached hydrogens (tertiary/aromatic N) is 2. The van der Waals surface area contributed by atoms with Crippen molar-refractivity contribution in [2.45, 2.75) is 38.6 Å². The average molecular weight is 449 g/mol. The predicted octanol–water partition coefficient (Wildman–Crippen LogP) is 3.40. The first-order valence-corrected chi connectivity index (χ1v) is 10.3. The number of carbonyl (C=O) groups excluding carboxylic acids is 3. The minimum absolute atomic E-state index is 0.000172. The van der Waals surface area contributed by atoms with E-state index >= 15 is 0 Å². The van der Waals surface area contributed by atoms with Crippen molar-refractivity contribution in [3.8, 4) is 11.5 Å². The van der Waals surface area contributed by atoms with Crippen molar-refractivity contribution >= 4 is 33.8 Å². The lowest BCUT2D eigenvalue weighted by Gasteiger charge is -2.21. The number of hydrogen-bond acceptors (Lipinski definition) is 5. The Kier molecular flexibility index (Phi) is 5.39. The van der Waals surface area contributed by atoms with Crippen LogP contribution in [0.3, 0.4) is 0 Å². The molecule has 7 nitrogen and oxygen atoms in total. The lowest BCUT2D eigenvalue weighted by molar-refractivity contribution is -0.143. The van der Waals surface area contributed by atoms with Crippen LogP contribution in [0.1, 0.15) is 37.7 Å². The third-order valence-electron chi connectivity index (χ3n) is 5.22. The topological polar surface area (TPSA) is 76.1 Å². The standard InChI is InChI=1S/C20H21BrN2O5/c21-15-11-17-16(27-8-9-28-17)10-14(15)12-23-19(25)18(24)22(20(23)26)7-6-13-4-2-1-3-5-13/h4,10-11H,1-3,5-9,12H2. The molecular formula is C20H21BrN2O5.